The van der Waals surface area contributed by atoms with E-state index in [0.717, 1.165) is 67.1 Å². The number of nitrogens with zero attached hydrogens (tertiary/aromatic N) is 5. The van der Waals surface area contributed by atoms with E-state index < -0.39 is 5.54 Å². The van der Waals surface area contributed by atoms with Crippen LogP contribution in [0.2, 0.25) is 5.02 Å². The summed E-state index contributed by atoms with van der Waals surface area (Å²) in [5.41, 5.74) is 1.84. The molecule has 1 N–H and O–H groups in total. The molecule has 0 atom stereocenters. The summed E-state index contributed by atoms with van der Waals surface area (Å²) in [6.07, 6.45) is 7.95. The Morgan fingerprint density at radius 1 is 1.23 bits per heavy atom. The Labute approximate surface area is 180 Å². The van der Waals surface area contributed by atoms with Gasteiger partial charge in [-0.05, 0) is 38.4 Å². The molecule has 1 aliphatic rings. The zero-order valence-corrected chi connectivity index (χ0v) is 17.9. The predicted molar refractivity (Wildman–Crippen MR) is 121 cm³/mol. The van der Waals surface area contributed by atoms with Gasteiger partial charge in [-0.25, -0.2) is 15.0 Å². The first-order valence-corrected chi connectivity index (χ1v) is 10.6. The molecule has 3 aromatic rings. The molecular formula is C22H25ClN6O. The lowest BCUT2D eigenvalue weighted by Crippen LogP contribution is -2.54. The van der Waals surface area contributed by atoms with Crippen molar-refractivity contribution >= 4 is 41.1 Å². The molecule has 0 spiro atoms. The molecule has 0 radical (unpaired) electrons. The smallest absolute Gasteiger partial charge is 0.170 e. The van der Waals surface area contributed by atoms with E-state index in [9.17, 15) is 4.79 Å². The van der Waals surface area contributed by atoms with Gasteiger partial charge in [0.2, 0.25) is 0 Å². The molecule has 8 heteroatoms. The number of carbonyl (C=O) groups excluding carboxylic acids is 1. The summed E-state index contributed by atoms with van der Waals surface area (Å²) in [5, 5.41) is 3.98. The average Bonchev–Trinajstić information content (AvgIpc) is 3.13. The Hall–Kier alpha value is -2.77. The van der Waals surface area contributed by atoms with E-state index in [4.69, 9.17) is 16.6 Å². The van der Waals surface area contributed by atoms with Crippen LogP contribution < -0.4 is 10.2 Å². The number of allylic oxidation sites excluding steroid dienone is 1. The molecule has 0 unspecified atom stereocenters. The number of piperidine rings is 1. The average molecular weight is 425 g/mol. The van der Waals surface area contributed by atoms with Crippen molar-refractivity contribution in [3.8, 4) is 11.4 Å². The van der Waals surface area contributed by atoms with Gasteiger partial charge in [0.25, 0.3) is 0 Å². The number of likely N-dealkylation sites (N-methyl/N-ethyl adjacent to an activating group) is 1. The fraction of sp³-hybridized carbons (Fsp3) is 0.364. The molecule has 1 aromatic carbocycles. The monoisotopic (exact) mass is 424 g/mol. The zero-order valence-electron chi connectivity index (χ0n) is 17.2. The van der Waals surface area contributed by atoms with Gasteiger partial charge in [-0.3, -0.25) is 4.57 Å². The summed E-state index contributed by atoms with van der Waals surface area (Å²) < 4.78 is 1.94. The highest BCUT2D eigenvalue weighted by Crippen LogP contribution is 2.33. The van der Waals surface area contributed by atoms with Gasteiger partial charge in [-0.1, -0.05) is 36.7 Å². The molecule has 1 fully saturated rings. The van der Waals surface area contributed by atoms with Crippen molar-refractivity contribution in [2.24, 2.45) is 0 Å². The number of nitrogens with one attached hydrogen (secondary N) is 1. The van der Waals surface area contributed by atoms with E-state index in [1.807, 2.05) is 55.0 Å². The van der Waals surface area contributed by atoms with E-state index in [-0.39, 0.29) is 0 Å². The molecule has 1 saturated heterocycles. The van der Waals surface area contributed by atoms with Crippen LogP contribution in [0.25, 0.3) is 28.8 Å². The molecule has 1 aliphatic heterocycles. The van der Waals surface area contributed by atoms with Crippen molar-refractivity contribution in [3.63, 3.8) is 0 Å². The van der Waals surface area contributed by atoms with Crippen LogP contribution in [-0.2, 0) is 4.79 Å². The summed E-state index contributed by atoms with van der Waals surface area (Å²) in [7, 11) is 0. The SMILES string of the molecule is C/C=C/n1c(-c2ccccc2Cl)nc2c(N3CCC(C=O)(NCC)CC3)ncnc21. The Morgan fingerprint density at radius 3 is 2.67 bits per heavy atom. The highest BCUT2D eigenvalue weighted by Gasteiger charge is 2.34. The maximum Gasteiger partial charge on any atom is 0.170 e. The number of halogens is 1. The number of carbonyl (C=O) groups is 1. The van der Waals surface area contributed by atoms with E-state index in [1.165, 1.54) is 0 Å². The van der Waals surface area contributed by atoms with Crippen molar-refractivity contribution in [1.82, 2.24) is 24.8 Å². The minimum Gasteiger partial charge on any atom is -0.354 e. The lowest BCUT2D eigenvalue weighted by molar-refractivity contribution is -0.114. The fourth-order valence-electron chi connectivity index (χ4n) is 4.06. The van der Waals surface area contributed by atoms with Gasteiger partial charge in [0, 0.05) is 24.9 Å². The molecule has 7 nitrogen and oxygen atoms in total. The van der Waals surface area contributed by atoms with Gasteiger partial charge in [-0.2, -0.15) is 0 Å². The molecule has 4 rings (SSSR count). The van der Waals surface area contributed by atoms with Gasteiger partial charge >= 0.3 is 0 Å². The van der Waals surface area contributed by atoms with Gasteiger partial charge in [0.15, 0.2) is 17.0 Å². The number of hydrogen-bond donors (Lipinski definition) is 1. The second kappa shape index (κ2) is 8.53. The van der Waals surface area contributed by atoms with Crippen LogP contribution in [-0.4, -0.2) is 51.0 Å². The predicted octanol–water partition coefficient (Wildman–Crippen LogP) is 3.78. The number of anilines is 1. The summed E-state index contributed by atoms with van der Waals surface area (Å²) in [4.78, 5) is 27.8. The second-order valence-electron chi connectivity index (χ2n) is 7.43. The minimum atomic E-state index is -0.454. The molecule has 0 saturated carbocycles. The molecule has 0 amide bonds. The molecule has 156 valence electrons. The number of aromatic nitrogens is 4. The zero-order chi connectivity index (χ0) is 21.1. The standard InChI is InChI=1S/C22H25ClN6O/c1-3-11-29-19(16-7-5-6-8-17(16)23)27-18-20(24-15-25-21(18)29)28-12-9-22(14-30,10-13-28)26-4-2/h3,5-8,11,14-15,26H,4,9-10,12-13H2,1-2H3/b11-3+. The van der Waals surface area contributed by atoms with Gasteiger partial charge in [0.1, 0.15) is 18.4 Å². The van der Waals surface area contributed by atoms with E-state index in [0.29, 0.717) is 5.02 Å². The maximum atomic E-state index is 11.7. The number of aldehydes is 1. The van der Waals surface area contributed by atoms with Crippen LogP contribution in [0.1, 0.15) is 26.7 Å². The first kappa shape index (κ1) is 20.5. The van der Waals surface area contributed by atoms with Crippen LogP contribution in [0.4, 0.5) is 5.82 Å². The van der Waals surface area contributed by atoms with Crippen molar-refractivity contribution < 1.29 is 4.79 Å². The summed E-state index contributed by atoms with van der Waals surface area (Å²) in [6, 6.07) is 7.65. The lowest BCUT2D eigenvalue weighted by Gasteiger charge is -2.39. The van der Waals surface area contributed by atoms with Crippen LogP contribution in [0.3, 0.4) is 0 Å². The fourth-order valence-corrected chi connectivity index (χ4v) is 4.28. The Bertz CT molecular complexity index is 1080. The van der Waals surface area contributed by atoms with E-state index in [2.05, 4.69) is 20.2 Å². The number of benzene rings is 1. The molecular weight excluding hydrogens is 400 g/mol. The third-order valence-electron chi connectivity index (χ3n) is 5.58. The Morgan fingerprint density at radius 2 is 2.00 bits per heavy atom. The topological polar surface area (TPSA) is 75.9 Å². The van der Waals surface area contributed by atoms with Crippen molar-refractivity contribution in [2.75, 3.05) is 24.5 Å². The quantitative estimate of drug-likeness (QED) is 0.607. The molecule has 3 heterocycles. The second-order valence-corrected chi connectivity index (χ2v) is 7.84. The van der Waals surface area contributed by atoms with Crippen molar-refractivity contribution in [1.29, 1.82) is 0 Å². The normalized spacial score (nSPS) is 16.4. The number of hydrogen-bond acceptors (Lipinski definition) is 6. The maximum absolute atomic E-state index is 11.7. The van der Waals surface area contributed by atoms with Gasteiger partial charge < -0.3 is 15.0 Å². The van der Waals surface area contributed by atoms with Crippen LogP contribution >= 0.6 is 11.6 Å². The third-order valence-corrected chi connectivity index (χ3v) is 5.91. The lowest BCUT2D eigenvalue weighted by atomic mass is 9.89. The van der Waals surface area contributed by atoms with Crippen LogP contribution in [0.5, 0.6) is 0 Å². The minimum absolute atomic E-state index is 0.454. The first-order valence-electron chi connectivity index (χ1n) is 10.2. The van der Waals surface area contributed by atoms with Crippen molar-refractivity contribution in [2.45, 2.75) is 32.2 Å². The summed E-state index contributed by atoms with van der Waals surface area (Å²) >= 11 is 6.46. The van der Waals surface area contributed by atoms with Crippen molar-refractivity contribution in [3.05, 3.63) is 41.7 Å². The molecule has 2 aromatic heterocycles. The van der Waals surface area contributed by atoms with Crippen LogP contribution in [0.15, 0.2) is 36.7 Å². The highest BCUT2D eigenvalue weighted by atomic mass is 35.5. The Kier molecular flexibility index (Phi) is 5.83. The van der Waals surface area contributed by atoms with E-state index in [1.54, 1.807) is 6.33 Å². The number of imidazole rings is 1. The molecule has 30 heavy (non-hydrogen) atoms. The first-order chi connectivity index (χ1) is 14.6. The number of rotatable bonds is 6. The summed E-state index contributed by atoms with van der Waals surface area (Å²) in [6.45, 7) is 6.18. The third kappa shape index (κ3) is 3.59. The largest absolute Gasteiger partial charge is 0.354 e. The van der Waals surface area contributed by atoms with Gasteiger partial charge in [0.05, 0.1) is 10.6 Å². The van der Waals surface area contributed by atoms with E-state index >= 15 is 0 Å². The molecule has 0 bridgehead atoms. The molecule has 0 aliphatic carbocycles. The Balaban J connectivity index is 1.77. The highest BCUT2D eigenvalue weighted by molar-refractivity contribution is 6.33. The van der Waals surface area contributed by atoms with Crippen LogP contribution in [0, 0.1) is 0 Å². The number of fused-ring (bicyclic) bond motifs is 1. The summed E-state index contributed by atoms with van der Waals surface area (Å²) in [5.74, 6) is 1.51. The van der Waals surface area contributed by atoms with Gasteiger partial charge in [-0.15, -0.1) is 0 Å².